The number of halogens is 1. The van der Waals surface area contributed by atoms with Crippen molar-refractivity contribution in [3.8, 4) is 11.4 Å². The number of anilines is 1. The minimum absolute atomic E-state index is 0.120. The van der Waals surface area contributed by atoms with Crippen LogP contribution in [0.25, 0.3) is 11.4 Å². The van der Waals surface area contributed by atoms with E-state index in [2.05, 4.69) is 15.5 Å². The standard InChI is InChI=1S/C22H18ClN5O3S/c23-16-7-3-15(4-8-16)21-26-27-22(28(21)12-18-2-1-11-31-18)32-13-19(29)25-17-9-5-14(6-10-17)20(24)30/h1-11H,12-13H2,(H2,24,30)(H,25,29). The average Bonchev–Trinajstić information content (AvgIpc) is 3.44. The average molecular weight is 468 g/mol. The summed E-state index contributed by atoms with van der Waals surface area (Å²) in [5, 5.41) is 12.6. The number of primary amides is 1. The number of amides is 2. The molecule has 0 spiro atoms. The van der Waals surface area contributed by atoms with Crippen molar-refractivity contribution < 1.29 is 14.0 Å². The Hall–Kier alpha value is -3.56. The quantitative estimate of drug-likeness (QED) is 0.377. The highest BCUT2D eigenvalue weighted by Crippen LogP contribution is 2.26. The van der Waals surface area contributed by atoms with Gasteiger partial charge < -0.3 is 15.5 Å². The topological polar surface area (TPSA) is 116 Å². The van der Waals surface area contributed by atoms with E-state index in [4.69, 9.17) is 21.8 Å². The van der Waals surface area contributed by atoms with Crippen LogP contribution in [0.15, 0.2) is 76.5 Å². The number of thioether (sulfide) groups is 1. The smallest absolute Gasteiger partial charge is 0.248 e. The van der Waals surface area contributed by atoms with Crippen molar-refractivity contribution in [1.29, 1.82) is 0 Å². The fraction of sp³-hybridized carbons (Fsp3) is 0.0909. The molecule has 10 heteroatoms. The molecule has 2 aromatic carbocycles. The molecule has 0 saturated carbocycles. The fourth-order valence-corrected chi connectivity index (χ4v) is 3.82. The summed E-state index contributed by atoms with van der Waals surface area (Å²) in [5.74, 6) is 0.756. The lowest BCUT2D eigenvalue weighted by molar-refractivity contribution is -0.113. The second kappa shape index (κ2) is 9.71. The summed E-state index contributed by atoms with van der Waals surface area (Å²) < 4.78 is 7.37. The predicted octanol–water partition coefficient (Wildman–Crippen LogP) is 4.07. The van der Waals surface area contributed by atoms with E-state index >= 15 is 0 Å². The molecule has 0 fully saturated rings. The lowest BCUT2D eigenvalue weighted by Gasteiger charge is -2.09. The molecule has 4 aromatic rings. The number of aromatic nitrogens is 3. The van der Waals surface area contributed by atoms with Crippen LogP contribution >= 0.6 is 23.4 Å². The summed E-state index contributed by atoms with van der Waals surface area (Å²) in [6, 6.07) is 17.3. The summed E-state index contributed by atoms with van der Waals surface area (Å²) in [4.78, 5) is 23.6. The number of nitrogens with two attached hydrogens (primary N) is 1. The van der Waals surface area contributed by atoms with Crippen molar-refractivity contribution in [2.75, 3.05) is 11.1 Å². The van der Waals surface area contributed by atoms with Gasteiger partial charge in [0.05, 0.1) is 18.6 Å². The SMILES string of the molecule is NC(=O)c1ccc(NC(=O)CSc2nnc(-c3ccc(Cl)cc3)n2Cc2ccco2)cc1. The molecule has 0 atom stereocenters. The molecule has 0 aliphatic heterocycles. The van der Waals surface area contributed by atoms with Crippen LogP contribution in [0.5, 0.6) is 0 Å². The van der Waals surface area contributed by atoms with Gasteiger partial charge in [-0.2, -0.15) is 0 Å². The van der Waals surface area contributed by atoms with E-state index < -0.39 is 5.91 Å². The van der Waals surface area contributed by atoms with E-state index in [1.165, 1.54) is 11.8 Å². The predicted molar refractivity (Wildman–Crippen MR) is 123 cm³/mol. The number of nitrogens with one attached hydrogen (secondary N) is 1. The molecule has 0 bridgehead atoms. The van der Waals surface area contributed by atoms with Gasteiger partial charge in [0.25, 0.3) is 0 Å². The van der Waals surface area contributed by atoms with Crippen molar-refractivity contribution in [2.45, 2.75) is 11.7 Å². The normalized spacial score (nSPS) is 10.8. The van der Waals surface area contributed by atoms with E-state index in [1.807, 2.05) is 28.8 Å². The second-order valence-corrected chi connectivity index (χ2v) is 8.14. The first-order valence-electron chi connectivity index (χ1n) is 9.53. The van der Waals surface area contributed by atoms with Crippen molar-refractivity contribution in [3.05, 3.63) is 83.3 Å². The highest BCUT2D eigenvalue weighted by molar-refractivity contribution is 7.99. The van der Waals surface area contributed by atoms with E-state index in [-0.39, 0.29) is 11.7 Å². The first kappa shape index (κ1) is 21.7. The van der Waals surface area contributed by atoms with Crippen LogP contribution in [0.4, 0.5) is 5.69 Å². The van der Waals surface area contributed by atoms with E-state index in [0.717, 1.165) is 11.3 Å². The van der Waals surface area contributed by atoms with Gasteiger partial charge in [-0.25, -0.2) is 0 Å². The van der Waals surface area contributed by atoms with Gasteiger partial charge in [0.2, 0.25) is 11.8 Å². The van der Waals surface area contributed by atoms with Crippen LogP contribution < -0.4 is 11.1 Å². The minimum Gasteiger partial charge on any atom is -0.467 e. The molecular formula is C22H18ClN5O3S. The summed E-state index contributed by atoms with van der Waals surface area (Å²) >= 11 is 7.26. The third-order valence-electron chi connectivity index (χ3n) is 4.50. The molecule has 32 heavy (non-hydrogen) atoms. The minimum atomic E-state index is -0.522. The zero-order chi connectivity index (χ0) is 22.5. The highest BCUT2D eigenvalue weighted by atomic mass is 35.5. The Balaban J connectivity index is 1.49. The Morgan fingerprint density at radius 1 is 1.06 bits per heavy atom. The molecule has 3 N–H and O–H groups in total. The van der Waals surface area contributed by atoms with Gasteiger partial charge in [-0.3, -0.25) is 14.2 Å². The van der Waals surface area contributed by atoms with Crippen LogP contribution in [-0.4, -0.2) is 32.3 Å². The maximum absolute atomic E-state index is 12.4. The summed E-state index contributed by atoms with van der Waals surface area (Å²) in [7, 11) is 0. The van der Waals surface area contributed by atoms with Crippen molar-refractivity contribution in [1.82, 2.24) is 14.8 Å². The summed E-state index contributed by atoms with van der Waals surface area (Å²) in [6.07, 6.45) is 1.60. The zero-order valence-electron chi connectivity index (χ0n) is 16.7. The molecule has 2 heterocycles. The number of nitrogens with zero attached hydrogens (tertiary/aromatic N) is 3. The number of rotatable bonds is 8. The van der Waals surface area contributed by atoms with Crippen LogP contribution in [0.3, 0.4) is 0 Å². The van der Waals surface area contributed by atoms with E-state index in [9.17, 15) is 9.59 Å². The van der Waals surface area contributed by atoms with E-state index in [1.54, 1.807) is 42.7 Å². The molecular weight excluding hydrogens is 450 g/mol. The Morgan fingerprint density at radius 3 is 2.47 bits per heavy atom. The van der Waals surface area contributed by atoms with Gasteiger partial charge in [-0.1, -0.05) is 23.4 Å². The Labute approximate surface area is 192 Å². The molecule has 4 rings (SSSR count). The Kier molecular flexibility index (Phi) is 6.58. The maximum atomic E-state index is 12.4. The number of carbonyl (C=O) groups excluding carboxylic acids is 2. The number of carbonyl (C=O) groups is 2. The number of benzene rings is 2. The third-order valence-corrected chi connectivity index (χ3v) is 5.72. The molecule has 0 saturated heterocycles. The first-order valence-corrected chi connectivity index (χ1v) is 10.9. The zero-order valence-corrected chi connectivity index (χ0v) is 18.3. The molecule has 162 valence electrons. The van der Waals surface area contributed by atoms with Gasteiger partial charge in [0, 0.05) is 21.8 Å². The van der Waals surface area contributed by atoms with Crippen LogP contribution in [-0.2, 0) is 11.3 Å². The van der Waals surface area contributed by atoms with Gasteiger partial charge in [0.15, 0.2) is 11.0 Å². The molecule has 0 radical (unpaired) electrons. The van der Waals surface area contributed by atoms with Gasteiger partial charge in [-0.15, -0.1) is 10.2 Å². The first-order chi connectivity index (χ1) is 15.5. The largest absolute Gasteiger partial charge is 0.467 e. The van der Waals surface area contributed by atoms with Crippen molar-refractivity contribution in [3.63, 3.8) is 0 Å². The molecule has 8 nitrogen and oxygen atoms in total. The Bertz CT molecular complexity index is 1220. The van der Waals surface area contributed by atoms with Gasteiger partial charge in [0.1, 0.15) is 5.76 Å². The molecule has 2 amide bonds. The summed E-state index contributed by atoms with van der Waals surface area (Å²) in [5.41, 5.74) is 7.02. The molecule has 0 aliphatic carbocycles. The van der Waals surface area contributed by atoms with Crippen LogP contribution in [0.1, 0.15) is 16.1 Å². The number of hydrogen-bond acceptors (Lipinski definition) is 6. The second-order valence-electron chi connectivity index (χ2n) is 6.76. The molecule has 0 aliphatic rings. The van der Waals surface area contributed by atoms with Gasteiger partial charge in [-0.05, 0) is 60.7 Å². The third kappa shape index (κ3) is 5.19. The Morgan fingerprint density at radius 2 is 1.81 bits per heavy atom. The van der Waals surface area contributed by atoms with Crippen molar-refractivity contribution >= 4 is 40.9 Å². The highest BCUT2D eigenvalue weighted by Gasteiger charge is 2.17. The van der Waals surface area contributed by atoms with Crippen molar-refractivity contribution in [2.24, 2.45) is 5.73 Å². The summed E-state index contributed by atoms with van der Waals surface area (Å²) in [6.45, 7) is 0.413. The van der Waals surface area contributed by atoms with Gasteiger partial charge >= 0.3 is 0 Å². The maximum Gasteiger partial charge on any atom is 0.248 e. The number of hydrogen-bond donors (Lipinski definition) is 2. The fourth-order valence-electron chi connectivity index (χ4n) is 2.95. The lowest BCUT2D eigenvalue weighted by atomic mass is 10.2. The molecule has 2 aromatic heterocycles. The monoisotopic (exact) mass is 467 g/mol. The number of furan rings is 1. The molecule has 0 unspecified atom stereocenters. The van der Waals surface area contributed by atoms with Crippen LogP contribution in [0.2, 0.25) is 5.02 Å². The van der Waals surface area contributed by atoms with E-state index in [0.29, 0.717) is 33.8 Å². The lowest BCUT2D eigenvalue weighted by Crippen LogP contribution is -2.15. The van der Waals surface area contributed by atoms with Crippen LogP contribution in [0, 0.1) is 0 Å².